The summed E-state index contributed by atoms with van der Waals surface area (Å²) in [6, 6.07) is 13.2. The van der Waals surface area contributed by atoms with Gasteiger partial charge in [-0.3, -0.25) is 0 Å². The maximum absolute atomic E-state index is 6.44. The van der Waals surface area contributed by atoms with Crippen molar-refractivity contribution in [2.45, 2.75) is 19.7 Å². The summed E-state index contributed by atoms with van der Waals surface area (Å²) in [5, 5.41) is 7.09. The van der Waals surface area contributed by atoms with Gasteiger partial charge in [-0.1, -0.05) is 46.9 Å². The van der Waals surface area contributed by atoms with E-state index in [9.17, 15) is 0 Å². The van der Waals surface area contributed by atoms with Crippen LogP contribution in [-0.2, 0) is 19.7 Å². The van der Waals surface area contributed by atoms with E-state index in [4.69, 9.17) is 44.3 Å². The molecule has 0 spiro atoms. The van der Waals surface area contributed by atoms with Gasteiger partial charge in [0.05, 0.1) is 12.1 Å². The quantitative estimate of drug-likeness (QED) is 0.427. The van der Waals surface area contributed by atoms with Gasteiger partial charge in [-0.2, -0.15) is 0 Å². The number of benzene rings is 2. The van der Waals surface area contributed by atoms with Gasteiger partial charge in [-0.05, 0) is 41.3 Å². The first-order valence-corrected chi connectivity index (χ1v) is 10.2. The van der Waals surface area contributed by atoms with Crippen LogP contribution in [0, 0.1) is 0 Å². The molecule has 0 saturated heterocycles. The highest BCUT2D eigenvalue weighted by Crippen LogP contribution is 2.37. The summed E-state index contributed by atoms with van der Waals surface area (Å²) in [4.78, 5) is 1.29. The van der Waals surface area contributed by atoms with E-state index in [-0.39, 0.29) is 6.61 Å². The third-order valence-corrected chi connectivity index (χ3v) is 5.63. The highest BCUT2D eigenvalue weighted by molar-refractivity contribution is 7.09. The maximum Gasteiger partial charge on any atom is 0.180 e. The Balaban J connectivity index is 1.67. The second kappa shape index (κ2) is 9.67. The number of methoxy groups -OCH3 is 1. The van der Waals surface area contributed by atoms with Crippen LogP contribution in [0.1, 0.15) is 16.0 Å². The fraction of sp³-hybridized carbons (Fsp3) is 0.200. The summed E-state index contributed by atoms with van der Waals surface area (Å²) in [6.07, 6.45) is 0. The molecule has 3 aromatic rings. The number of hydrogen-bond donors (Lipinski definition) is 1. The molecule has 1 aromatic heterocycles. The molecule has 142 valence electrons. The Morgan fingerprint density at radius 2 is 1.85 bits per heavy atom. The standard InChI is InChI=1S/C20H18Cl3NO2S/c1-25-19-8-13(10-24-11-16-3-2-6-27-16)7-18(23)20(19)26-12-14-4-5-15(21)9-17(14)22/h2-9,24H,10-12H2,1H3. The molecule has 0 unspecified atom stereocenters. The Bertz CT molecular complexity index is 900. The number of hydrogen-bond acceptors (Lipinski definition) is 4. The zero-order chi connectivity index (χ0) is 19.2. The molecule has 0 fully saturated rings. The van der Waals surface area contributed by atoms with Crippen LogP contribution in [0.2, 0.25) is 15.1 Å². The Morgan fingerprint density at radius 1 is 1.00 bits per heavy atom. The average Bonchev–Trinajstić information content (AvgIpc) is 3.15. The van der Waals surface area contributed by atoms with E-state index in [1.54, 1.807) is 30.6 Å². The Morgan fingerprint density at radius 3 is 2.56 bits per heavy atom. The topological polar surface area (TPSA) is 30.5 Å². The molecule has 2 aromatic carbocycles. The van der Waals surface area contributed by atoms with Crippen molar-refractivity contribution in [2.75, 3.05) is 7.11 Å². The minimum absolute atomic E-state index is 0.266. The number of nitrogens with one attached hydrogen (secondary N) is 1. The van der Waals surface area contributed by atoms with E-state index in [2.05, 4.69) is 16.8 Å². The number of thiophene rings is 1. The Hall–Kier alpha value is -1.43. The molecule has 0 aliphatic carbocycles. The highest BCUT2D eigenvalue weighted by Gasteiger charge is 2.13. The Labute approximate surface area is 177 Å². The van der Waals surface area contributed by atoms with E-state index in [1.807, 2.05) is 24.3 Å². The molecule has 3 nitrogen and oxygen atoms in total. The van der Waals surface area contributed by atoms with Crippen molar-refractivity contribution in [1.82, 2.24) is 5.32 Å². The Kier molecular flexibility index (Phi) is 7.27. The largest absolute Gasteiger partial charge is 0.493 e. The zero-order valence-electron chi connectivity index (χ0n) is 14.6. The molecule has 0 aliphatic rings. The third-order valence-electron chi connectivity index (χ3n) is 3.88. The highest BCUT2D eigenvalue weighted by atomic mass is 35.5. The van der Waals surface area contributed by atoms with E-state index in [1.165, 1.54) is 4.88 Å². The first-order chi connectivity index (χ1) is 13.1. The monoisotopic (exact) mass is 441 g/mol. The number of halogens is 3. The molecular weight excluding hydrogens is 425 g/mol. The fourth-order valence-electron chi connectivity index (χ4n) is 2.55. The van der Waals surface area contributed by atoms with Crippen LogP contribution in [0.25, 0.3) is 0 Å². The van der Waals surface area contributed by atoms with E-state index in [0.717, 1.165) is 17.7 Å². The van der Waals surface area contributed by atoms with Gasteiger partial charge in [0, 0.05) is 33.6 Å². The molecule has 0 bridgehead atoms. The second-order valence-corrected chi connectivity index (χ2v) is 8.10. The van der Waals surface area contributed by atoms with Gasteiger partial charge in [0.15, 0.2) is 11.5 Å². The van der Waals surface area contributed by atoms with Crippen LogP contribution in [0.15, 0.2) is 47.8 Å². The maximum atomic E-state index is 6.44. The summed E-state index contributed by atoms with van der Waals surface area (Å²) >= 11 is 20.3. The van der Waals surface area contributed by atoms with Gasteiger partial charge in [-0.25, -0.2) is 0 Å². The van der Waals surface area contributed by atoms with Crippen LogP contribution in [0.3, 0.4) is 0 Å². The van der Waals surface area contributed by atoms with Crippen LogP contribution in [0.5, 0.6) is 11.5 Å². The van der Waals surface area contributed by atoms with E-state index in [0.29, 0.717) is 33.1 Å². The first kappa shape index (κ1) is 20.3. The molecule has 7 heteroatoms. The smallest absolute Gasteiger partial charge is 0.180 e. The van der Waals surface area contributed by atoms with Gasteiger partial charge in [-0.15, -0.1) is 11.3 Å². The predicted molar refractivity (Wildman–Crippen MR) is 114 cm³/mol. The fourth-order valence-corrected chi connectivity index (χ4v) is 3.97. The average molecular weight is 443 g/mol. The van der Waals surface area contributed by atoms with Gasteiger partial charge in [0.25, 0.3) is 0 Å². The van der Waals surface area contributed by atoms with Crippen LogP contribution < -0.4 is 14.8 Å². The normalized spacial score (nSPS) is 10.8. The molecule has 0 atom stereocenters. The molecule has 0 amide bonds. The second-order valence-electron chi connectivity index (χ2n) is 5.82. The number of ether oxygens (including phenoxy) is 2. The lowest BCUT2D eigenvalue weighted by molar-refractivity contribution is 0.284. The lowest BCUT2D eigenvalue weighted by Crippen LogP contribution is -2.12. The zero-order valence-corrected chi connectivity index (χ0v) is 17.7. The van der Waals surface area contributed by atoms with Crippen molar-refractivity contribution < 1.29 is 9.47 Å². The molecule has 3 rings (SSSR count). The summed E-state index contributed by atoms with van der Waals surface area (Å²) in [5.41, 5.74) is 1.84. The van der Waals surface area contributed by atoms with Gasteiger partial charge in [0.2, 0.25) is 0 Å². The molecular formula is C20H18Cl3NO2S. The third kappa shape index (κ3) is 5.53. The summed E-state index contributed by atoms with van der Waals surface area (Å²) in [5.74, 6) is 1.08. The summed E-state index contributed by atoms with van der Waals surface area (Å²) < 4.78 is 11.3. The molecule has 1 heterocycles. The minimum atomic E-state index is 0.266. The van der Waals surface area contributed by atoms with Gasteiger partial charge >= 0.3 is 0 Å². The molecule has 0 aliphatic heterocycles. The van der Waals surface area contributed by atoms with Crippen molar-refractivity contribution in [1.29, 1.82) is 0 Å². The first-order valence-electron chi connectivity index (χ1n) is 8.23. The predicted octanol–water partition coefficient (Wildman–Crippen LogP) is 6.59. The SMILES string of the molecule is COc1cc(CNCc2cccs2)cc(Cl)c1OCc1ccc(Cl)cc1Cl. The van der Waals surface area contributed by atoms with Gasteiger partial charge in [0.1, 0.15) is 6.61 Å². The van der Waals surface area contributed by atoms with Crippen molar-refractivity contribution in [3.8, 4) is 11.5 Å². The van der Waals surface area contributed by atoms with E-state index < -0.39 is 0 Å². The molecule has 0 saturated carbocycles. The molecule has 27 heavy (non-hydrogen) atoms. The van der Waals surface area contributed by atoms with Crippen molar-refractivity contribution in [3.05, 3.63) is 78.9 Å². The lowest BCUT2D eigenvalue weighted by atomic mass is 10.2. The summed E-state index contributed by atoms with van der Waals surface area (Å²) in [7, 11) is 1.59. The number of rotatable bonds is 8. The molecule has 0 radical (unpaired) electrons. The van der Waals surface area contributed by atoms with Crippen LogP contribution >= 0.6 is 46.1 Å². The van der Waals surface area contributed by atoms with Crippen molar-refractivity contribution >= 4 is 46.1 Å². The lowest BCUT2D eigenvalue weighted by Gasteiger charge is -2.15. The summed E-state index contributed by atoms with van der Waals surface area (Å²) in [6.45, 7) is 1.75. The van der Waals surface area contributed by atoms with Gasteiger partial charge < -0.3 is 14.8 Å². The molecule has 1 N–H and O–H groups in total. The minimum Gasteiger partial charge on any atom is -0.493 e. The van der Waals surface area contributed by atoms with Crippen LogP contribution in [-0.4, -0.2) is 7.11 Å². The van der Waals surface area contributed by atoms with Crippen LogP contribution in [0.4, 0.5) is 0 Å². The van der Waals surface area contributed by atoms with E-state index >= 15 is 0 Å². The van der Waals surface area contributed by atoms with Crippen molar-refractivity contribution in [3.63, 3.8) is 0 Å². The van der Waals surface area contributed by atoms with Crippen molar-refractivity contribution in [2.24, 2.45) is 0 Å².